The van der Waals surface area contributed by atoms with Crippen molar-refractivity contribution in [1.29, 1.82) is 0 Å². The lowest BCUT2D eigenvalue weighted by molar-refractivity contribution is 0.634. The molecule has 1 aliphatic heterocycles. The fourth-order valence-corrected chi connectivity index (χ4v) is 3.43. The van der Waals surface area contributed by atoms with Gasteiger partial charge in [0.15, 0.2) is 0 Å². The first-order chi connectivity index (χ1) is 14.4. The molecule has 0 unspecified atom stereocenters. The number of benzene rings is 1. The molecule has 0 radical (unpaired) electrons. The molecule has 8 nitrogen and oxygen atoms in total. The van der Waals surface area contributed by atoms with Crippen molar-refractivity contribution < 1.29 is 0 Å². The van der Waals surface area contributed by atoms with Crippen molar-refractivity contribution in [1.82, 2.24) is 29.7 Å². The molecule has 0 bridgehead atoms. The third-order valence-electron chi connectivity index (χ3n) is 4.98. The van der Waals surface area contributed by atoms with Gasteiger partial charge in [0.25, 0.3) is 0 Å². The highest BCUT2D eigenvalue weighted by molar-refractivity contribution is 5.59. The summed E-state index contributed by atoms with van der Waals surface area (Å²) >= 11 is 0. The molecular weight excluding hydrogens is 364 g/mol. The van der Waals surface area contributed by atoms with Crippen molar-refractivity contribution in [3.05, 3.63) is 73.6 Å². The number of rotatable bonds is 4. The number of anilines is 2. The number of aromatic nitrogens is 6. The topological polar surface area (TPSA) is 75.9 Å². The summed E-state index contributed by atoms with van der Waals surface area (Å²) in [5.41, 5.74) is 2.86. The van der Waals surface area contributed by atoms with Crippen LogP contribution in [0.25, 0.3) is 16.9 Å². The number of nitrogens with zero attached hydrogens (tertiary/aromatic N) is 8. The molecule has 0 atom stereocenters. The third-order valence-corrected chi connectivity index (χ3v) is 4.98. The average Bonchev–Trinajstić information content (AvgIpc) is 3.31. The molecule has 0 amide bonds. The van der Waals surface area contributed by atoms with E-state index in [1.165, 1.54) is 0 Å². The molecule has 1 fully saturated rings. The lowest BCUT2D eigenvalue weighted by Crippen LogP contribution is -2.47. The standard InChI is InChI=1S/C21H20N8/c1-2-4-18(5-3-1)29-16-17(14-25-29)19-6-7-24-21(26-19)28-12-10-27(11-13-28)20-15-22-8-9-23-20/h1-9,14-16H,10-13H2. The van der Waals surface area contributed by atoms with Crippen molar-refractivity contribution in [2.75, 3.05) is 36.0 Å². The van der Waals surface area contributed by atoms with Crippen LogP contribution in [0, 0.1) is 0 Å². The highest BCUT2D eigenvalue weighted by Gasteiger charge is 2.20. The fourth-order valence-electron chi connectivity index (χ4n) is 3.43. The molecule has 5 rings (SSSR count). The molecule has 0 aliphatic carbocycles. The molecule has 0 saturated carbocycles. The van der Waals surface area contributed by atoms with Gasteiger partial charge in [-0.15, -0.1) is 0 Å². The van der Waals surface area contributed by atoms with Gasteiger partial charge >= 0.3 is 0 Å². The molecule has 29 heavy (non-hydrogen) atoms. The number of hydrogen-bond donors (Lipinski definition) is 0. The Hall–Kier alpha value is -3.81. The summed E-state index contributed by atoms with van der Waals surface area (Å²) < 4.78 is 1.86. The van der Waals surface area contributed by atoms with Crippen LogP contribution in [0.5, 0.6) is 0 Å². The molecule has 8 heteroatoms. The Morgan fingerprint density at radius 3 is 2.38 bits per heavy atom. The van der Waals surface area contributed by atoms with Crippen LogP contribution in [0.4, 0.5) is 11.8 Å². The highest BCUT2D eigenvalue weighted by atomic mass is 15.3. The van der Waals surface area contributed by atoms with Crippen LogP contribution in [0.2, 0.25) is 0 Å². The predicted molar refractivity (Wildman–Crippen MR) is 111 cm³/mol. The highest BCUT2D eigenvalue weighted by Crippen LogP contribution is 2.21. The molecule has 1 aliphatic rings. The normalized spacial score (nSPS) is 14.2. The van der Waals surface area contributed by atoms with Gasteiger partial charge in [0.05, 0.1) is 23.8 Å². The molecule has 1 aromatic carbocycles. The third kappa shape index (κ3) is 3.64. The van der Waals surface area contributed by atoms with E-state index in [-0.39, 0.29) is 0 Å². The van der Waals surface area contributed by atoms with Crippen LogP contribution >= 0.6 is 0 Å². The van der Waals surface area contributed by atoms with Crippen LogP contribution in [0.1, 0.15) is 0 Å². The molecule has 4 heterocycles. The molecule has 1 saturated heterocycles. The number of hydrogen-bond acceptors (Lipinski definition) is 7. The SMILES string of the molecule is c1ccc(-n2cc(-c3ccnc(N4CCN(c5cnccn5)CC4)n3)cn2)cc1. The van der Waals surface area contributed by atoms with Crippen molar-refractivity contribution in [3.63, 3.8) is 0 Å². The van der Waals surface area contributed by atoms with E-state index in [1.54, 1.807) is 18.6 Å². The van der Waals surface area contributed by atoms with E-state index in [1.807, 2.05) is 59.7 Å². The average molecular weight is 384 g/mol. The van der Waals surface area contributed by atoms with E-state index in [2.05, 4.69) is 29.9 Å². The van der Waals surface area contributed by atoms with Crippen molar-refractivity contribution in [3.8, 4) is 16.9 Å². The summed E-state index contributed by atoms with van der Waals surface area (Å²) in [4.78, 5) is 22.3. The Balaban J connectivity index is 1.31. The van der Waals surface area contributed by atoms with E-state index in [9.17, 15) is 0 Å². The monoisotopic (exact) mass is 384 g/mol. The van der Waals surface area contributed by atoms with Gasteiger partial charge in [-0.05, 0) is 18.2 Å². The predicted octanol–water partition coefficient (Wildman–Crippen LogP) is 2.45. The lowest BCUT2D eigenvalue weighted by atomic mass is 10.2. The van der Waals surface area contributed by atoms with E-state index in [0.29, 0.717) is 0 Å². The maximum atomic E-state index is 4.79. The van der Waals surface area contributed by atoms with Crippen molar-refractivity contribution >= 4 is 11.8 Å². The molecular formula is C21H20N8. The molecule has 0 N–H and O–H groups in total. The van der Waals surface area contributed by atoms with Gasteiger partial charge in [0, 0.05) is 56.5 Å². The summed E-state index contributed by atoms with van der Waals surface area (Å²) in [7, 11) is 0. The Bertz CT molecular complexity index is 1070. The van der Waals surface area contributed by atoms with Gasteiger partial charge in [0.2, 0.25) is 5.95 Å². The van der Waals surface area contributed by atoms with Crippen LogP contribution in [0.15, 0.2) is 73.6 Å². The second kappa shape index (κ2) is 7.67. The van der Waals surface area contributed by atoms with Crippen molar-refractivity contribution in [2.45, 2.75) is 0 Å². The first-order valence-electron chi connectivity index (χ1n) is 9.56. The van der Waals surface area contributed by atoms with E-state index < -0.39 is 0 Å². The van der Waals surface area contributed by atoms with Crippen LogP contribution in [0.3, 0.4) is 0 Å². The van der Waals surface area contributed by atoms with E-state index >= 15 is 0 Å². The lowest BCUT2D eigenvalue weighted by Gasteiger charge is -2.35. The second-order valence-electron chi connectivity index (χ2n) is 6.79. The van der Waals surface area contributed by atoms with E-state index in [4.69, 9.17) is 4.98 Å². The first kappa shape index (κ1) is 17.3. The van der Waals surface area contributed by atoms with Gasteiger partial charge in [-0.25, -0.2) is 19.6 Å². The van der Waals surface area contributed by atoms with Crippen LogP contribution in [-0.4, -0.2) is 55.9 Å². The quantitative estimate of drug-likeness (QED) is 0.535. The zero-order valence-corrected chi connectivity index (χ0v) is 15.8. The zero-order chi connectivity index (χ0) is 19.5. The summed E-state index contributed by atoms with van der Waals surface area (Å²) in [5, 5.41) is 4.47. The van der Waals surface area contributed by atoms with Gasteiger partial charge in [-0.1, -0.05) is 18.2 Å². The van der Waals surface area contributed by atoms with Crippen molar-refractivity contribution in [2.24, 2.45) is 0 Å². The Kier molecular flexibility index (Phi) is 4.57. The molecule has 144 valence electrons. The van der Waals surface area contributed by atoms with Gasteiger partial charge < -0.3 is 9.80 Å². The molecule has 4 aromatic rings. The summed E-state index contributed by atoms with van der Waals surface area (Å²) in [6.45, 7) is 3.39. The summed E-state index contributed by atoms with van der Waals surface area (Å²) in [6.07, 6.45) is 10.9. The second-order valence-corrected chi connectivity index (χ2v) is 6.79. The maximum Gasteiger partial charge on any atom is 0.225 e. The largest absolute Gasteiger partial charge is 0.352 e. The Labute approximate surface area is 168 Å². The van der Waals surface area contributed by atoms with Gasteiger partial charge in [0.1, 0.15) is 5.82 Å². The van der Waals surface area contributed by atoms with Crippen LogP contribution in [-0.2, 0) is 0 Å². The minimum atomic E-state index is 0.744. The van der Waals surface area contributed by atoms with E-state index in [0.717, 1.165) is 54.9 Å². The zero-order valence-electron chi connectivity index (χ0n) is 15.8. The smallest absolute Gasteiger partial charge is 0.225 e. The fraction of sp³-hybridized carbons (Fsp3) is 0.190. The first-order valence-corrected chi connectivity index (χ1v) is 9.56. The van der Waals surface area contributed by atoms with Gasteiger partial charge in [-0.3, -0.25) is 4.98 Å². The summed E-state index contributed by atoms with van der Waals surface area (Å²) in [5.74, 6) is 1.66. The molecule has 3 aromatic heterocycles. The number of piperazine rings is 1. The molecule has 0 spiro atoms. The van der Waals surface area contributed by atoms with Crippen LogP contribution < -0.4 is 9.80 Å². The number of para-hydroxylation sites is 1. The minimum absolute atomic E-state index is 0.744. The minimum Gasteiger partial charge on any atom is -0.352 e. The Morgan fingerprint density at radius 1 is 0.759 bits per heavy atom. The Morgan fingerprint density at radius 2 is 1.59 bits per heavy atom. The van der Waals surface area contributed by atoms with Gasteiger partial charge in [-0.2, -0.15) is 5.10 Å². The summed E-state index contributed by atoms with van der Waals surface area (Å²) in [6, 6.07) is 12.0. The maximum absolute atomic E-state index is 4.79.